The largest absolute Gasteiger partial charge is 0.370 e. The Bertz CT molecular complexity index is 580. The quantitative estimate of drug-likeness (QED) is 0.852. The summed E-state index contributed by atoms with van der Waals surface area (Å²) in [5.41, 5.74) is -0.0924. The molecule has 0 saturated carbocycles. The molecule has 112 valence electrons. The first-order valence-corrected chi connectivity index (χ1v) is 7.88. The van der Waals surface area contributed by atoms with E-state index in [-0.39, 0.29) is 5.41 Å². The van der Waals surface area contributed by atoms with E-state index in [1.807, 2.05) is 12.1 Å². The normalized spacial score (nSPS) is 11.4. The Morgan fingerprint density at radius 1 is 1.19 bits per heavy atom. The van der Waals surface area contributed by atoms with Gasteiger partial charge in [0.05, 0.1) is 0 Å². The molecule has 0 aliphatic heterocycles. The number of nitrogens with one attached hydrogen (secondary N) is 1. The predicted molar refractivity (Wildman–Crippen MR) is 85.7 cm³/mol. The van der Waals surface area contributed by atoms with Crippen LogP contribution in [-0.4, -0.2) is 26.5 Å². The number of anilines is 1. The molecule has 0 unspecified atom stereocenters. The Morgan fingerprint density at radius 2 is 2.00 bits per heavy atom. The fourth-order valence-electron chi connectivity index (χ4n) is 1.60. The monoisotopic (exact) mass is 303 g/mol. The molecule has 0 amide bonds. The number of hydrogen-bond acceptors (Lipinski definition) is 6. The van der Waals surface area contributed by atoms with E-state index in [0.29, 0.717) is 0 Å². The summed E-state index contributed by atoms with van der Waals surface area (Å²) >= 11 is 1.52. The van der Waals surface area contributed by atoms with Gasteiger partial charge < -0.3 is 5.32 Å². The summed E-state index contributed by atoms with van der Waals surface area (Å²) in [7, 11) is 0. The maximum absolute atomic E-state index is 4.66. The van der Waals surface area contributed by atoms with Crippen LogP contribution in [0.3, 0.4) is 0 Å². The SMILES string of the molecule is CCCNc1cc(Sc2ccncn2)nc(C(C)(C)C)n1. The molecule has 6 heteroatoms. The molecule has 5 nitrogen and oxygen atoms in total. The molecule has 0 radical (unpaired) electrons. The second-order valence-corrected chi connectivity index (χ2v) is 6.78. The highest BCUT2D eigenvalue weighted by molar-refractivity contribution is 7.99. The van der Waals surface area contributed by atoms with E-state index >= 15 is 0 Å². The van der Waals surface area contributed by atoms with E-state index in [1.54, 1.807) is 12.5 Å². The predicted octanol–water partition coefficient (Wildman–Crippen LogP) is 3.54. The molecule has 21 heavy (non-hydrogen) atoms. The van der Waals surface area contributed by atoms with Crippen LogP contribution in [0.5, 0.6) is 0 Å². The third kappa shape index (κ3) is 4.67. The van der Waals surface area contributed by atoms with Crippen LogP contribution in [0.2, 0.25) is 0 Å². The third-order valence-corrected chi connectivity index (χ3v) is 3.56. The number of rotatable bonds is 5. The van der Waals surface area contributed by atoms with Crippen molar-refractivity contribution in [3.8, 4) is 0 Å². The Morgan fingerprint density at radius 3 is 2.62 bits per heavy atom. The standard InChI is InChI=1S/C15H21N5S/c1-5-7-17-11-9-13(20-14(19-11)15(2,3)4)21-12-6-8-16-10-18-12/h6,8-10H,5,7H2,1-4H3,(H,17,19,20). The summed E-state index contributed by atoms with van der Waals surface area (Å²) in [4.78, 5) is 17.4. The van der Waals surface area contributed by atoms with Crippen LogP contribution >= 0.6 is 11.8 Å². The van der Waals surface area contributed by atoms with Gasteiger partial charge in [-0.15, -0.1) is 0 Å². The minimum atomic E-state index is -0.0924. The molecule has 2 rings (SSSR count). The van der Waals surface area contributed by atoms with E-state index in [9.17, 15) is 0 Å². The molecule has 0 spiro atoms. The average molecular weight is 303 g/mol. The second kappa shape index (κ2) is 6.85. The highest BCUT2D eigenvalue weighted by atomic mass is 32.2. The molecule has 0 aliphatic rings. The fourth-order valence-corrected chi connectivity index (χ4v) is 2.35. The van der Waals surface area contributed by atoms with Gasteiger partial charge in [-0.3, -0.25) is 0 Å². The van der Waals surface area contributed by atoms with Crippen molar-refractivity contribution in [3.63, 3.8) is 0 Å². The first kappa shape index (κ1) is 15.7. The smallest absolute Gasteiger partial charge is 0.137 e. The minimum Gasteiger partial charge on any atom is -0.370 e. The molecule has 0 aromatic carbocycles. The van der Waals surface area contributed by atoms with E-state index in [2.05, 4.69) is 52.9 Å². The molecular weight excluding hydrogens is 282 g/mol. The summed E-state index contributed by atoms with van der Waals surface area (Å²) in [5.74, 6) is 1.70. The van der Waals surface area contributed by atoms with E-state index in [1.165, 1.54) is 11.8 Å². The van der Waals surface area contributed by atoms with Gasteiger partial charge in [0.25, 0.3) is 0 Å². The maximum atomic E-state index is 4.66. The number of hydrogen-bond donors (Lipinski definition) is 1. The molecule has 2 heterocycles. The zero-order chi connectivity index (χ0) is 15.3. The van der Waals surface area contributed by atoms with Crippen LogP contribution in [0.25, 0.3) is 0 Å². The first-order chi connectivity index (χ1) is 9.99. The Balaban J connectivity index is 2.30. The Labute approximate surface area is 130 Å². The van der Waals surface area contributed by atoms with Gasteiger partial charge in [-0.05, 0) is 24.2 Å². The van der Waals surface area contributed by atoms with Crippen LogP contribution in [0.15, 0.2) is 34.7 Å². The molecule has 2 aromatic heterocycles. The van der Waals surface area contributed by atoms with E-state index in [0.717, 1.165) is 34.7 Å². The van der Waals surface area contributed by atoms with Crippen molar-refractivity contribution in [2.24, 2.45) is 0 Å². The highest BCUT2D eigenvalue weighted by Gasteiger charge is 2.19. The Kier molecular flexibility index (Phi) is 5.12. The van der Waals surface area contributed by atoms with Crippen molar-refractivity contribution in [2.75, 3.05) is 11.9 Å². The van der Waals surface area contributed by atoms with Gasteiger partial charge in [-0.2, -0.15) is 0 Å². The van der Waals surface area contributed by atoms with Gasteiger partial charge in [0.1, 0.15) is 28.0 Å². The molecular formula is C15H21N5S. The lowest BCUT2D eigenvalue weighted by Crippen LogP contribution is -2.17. The molecule has 2 aromatic rings. The van der Waals surface area contributed by atoms with Gasteiger partial charge in [0.15, 0.2) is 0 Å². The van der Waals surface area contributed by atoms with Gasteiger partial charge >= 0.3 is 0 Å². The van der Waals surface area contributed by atoms with Gasteiger partial charge in [0.2, 0.25) is 0 Å². The van der Waals surface area contributed by atoms with Gasteiger partial charge in [0, 0.05) is 24.2 Å². The van der Waals surface area contributed by atoms with Crippen LogP contribution in [0.1, 0.15) is 39.9 Å². The lowest BCUT2D eigenvalue weighted by molar-refractivity contribution is 0.539. The lowest BCUT2D eigenvalue weighted by Gasteiger charge is -2.18. The summed E-state index contributed by atoms with van der Waals surface area (Å²) in [5, 5.41) is 5.11. The first-order valence-electron chi connectivity index (χ1n) is 7.06. The highest BCUT2D eigenvalue weighted by Crippen LogP contribution is 2.28. The average Bonchev–Trinajstić information content (AvgIpc) is 2.45. The summed E-state index contributed by atoms with van der Waals surface area (Å²) in [6.07, 6.45) is 4.34. The number of aromatic nitrogens is 4. The van der Waals surface area contributed by atoms with Crippen LogP contribution in [-0.2, 0) is 5.41 Å². The van der Waals surface area contributed by atoms with Crippen molar-refractivity contribution in [1.82, 2.24) is 19.9 Å². The summed E-state index contributed by atoms with van der Waals surface area (Å²) < 4.78 is 0. The summed E-state index contributed by atoms with van der Waals surface area (Å²) in [6, 6.07) is 3.85. The van der Waals surface area contributed by atoms with E-state index in [4.69, 9.17) is 0 Å². The Hall–Kier alpha value is -1.69. The summed E-state index contributed by atoms with van der Waals surface area (Å²) in [6.45, 7) is 9.38. The third-order valence-electron chi connectivity index (χ3n) is 2.69. The van der Waals surface area contributed by atoms with Gasteiger partial charge in [-0.25, -0.2) is 19.9 Å². The lowest BCUT2D eigenvalue weighted by atomic mass is 9.96. The second-order valence-electron chi connectivity index (χ2n) is 5.74. The maximum Gasteiger partial charge on any atom is 0.137 e. The fraction of sp³-hybridized carbons (Fsp3) is 0.467. The van der Waals surface area contributed by atoms with Crippen molar-refractivity contribution in [3.05, 3.63) is 30.5 Å². The van der Waals surface area contributed by atoms with Crippen molar-refractivity contribution in [1.29, 1.82) is 0 Å². The molecule has 0 atom stereocenters. The molecule has 1 N–H and O–H groups in total. The topological polar surface area (TPSA) is 63.6 Å². The minimum absolute atomic E-state index is 0.0924. The molecule has 0 fully saturated rings. The van der Waals surface area contributed by atoms with Crippen LogP contribution < -0.4 is 5.32 Å². The van der Waals surface area contributed by atoms with Gasteiger partial charge in [-0.1, -0.05) is 27.7 Å². The van der Waals surface area contributed by atoms with Crippen molar-refractivity contribution < 1.29 is 0 Å². The molecule has 0 bridgehead atoms. The van der Waals surface area contributed by atoms with Crippen LogP contribution in [0, 0.1) is 0 Å². The van der Waals surface area contributed by atoms with Crippen molar-refractivity contribution in [2.45, 2.75) is 49.6 Å². The van der Waals surface area contributed by atoms with Crippen LogP contribution in [0.4, 0.5) is 5.82 Å². The number of nitrogens with zero attached hydrogens (tertiary/aromatic N) is 4. The molecule has 0 aliphatic carbocycles. The van der Waals surface area contributed by atoms with E-state index < -0.39 is 0 Å². The zero-order valence-corrected chi connectivity index (χ0v) is 13.7. The molecule has 0 saturated heterocycles. The zero-order valence-electron chi connectivity index (χ0n) is 12.9. The van der Waals surface area contributed by atoms with Crippen molar-refractivity contribution >= 4 is 17.6 Å².